The second-order valence-electron chi connectivity index (χ2n) is 4.88. The number of aryl methyl sites for hydroxylation is 1. The van der Waals surface area contributed by atoms with E-state index in [4.69, 9.17) is 11.6 Å². The van der Waals surface area contributed by atoms with Crippen LogP contribution in [0.15, 0.2) is 42.5 Å². The van der Waals surface area contributed by atoms with Crippen molar-refractivity contribution in [3.63, 3.8) is 0 Å². The van der Waals surface area contributed by atoms with Gasteiger partial charge in [-0.1, -0.05) is 55.3 Å². The molecule has 1 unspecified atom stereocenters. The van der Waals surface area contributed by atoms with Gasteiger partial charge in [-0.05, 0) is 42.3 Å². The van der Waals surface area contributed by atoms with E-state index in [2.05, 4.69) is 36.5 Å². The van der Waals surface area contributed by atoms with E-state index in [1.54, 1.807) is 6.07 Å². The monoisotopic (exact) mass is 291 g/mol. The highest BCUT2D eigenvalue weighted by Crippen LogP contribution is 2.29. The highest BCUT2D eigenvalue weighted by molar-refractivity contribution is 6.31. The van der Waals surface area contributed by atoms with Gasteiger partial charge in [0.05, 0.1) is 6.04 Å². The molecule has 0 saturated heterocycles. The maximum absolute atomic E-state index is 13.2. The van der Waals surface area contributed by atoms with Crippen LogP contribution in [0.4, 0.5) is 4.39 Å². The molecule has 0 spiro atoms. The lowest BCUT2D eigenvalue weighted by Crippen LogP contribution is -2.18. The Labute approximate surface area is 124 Å². The zero-order valence-electron chi connectivity index (χ0n) is 11.8. The Morgan fingerprint density at radius 2 is 1.85 bits per heavy atom. The molecular formula is C17H19ClFN. The van der Waals surface area contributed by atoms with E-state index in [-0.39, 0.29) is 11.9 Å². The first-order valence-corrected chi connectivity index (χ1v) is 7.24. The minimum atomic E-state index is -0.313. The van der Waals surface area contributed by atoms with E-state index in [1.807, 2.05) is 7.05 Å². The third kappa shape index (κ3) is 3.38. The smallest absolute Gasteiger partial charge is 0.124 e. The molecule has 0 bridgehead atoms. The Bertz CT molecular complexity index is 566. The largest absolute Gasteiger partial charge is 0.309 e. The Kier molecular flexibility index (Phi) is 5.16. The van der Waals surface area contributed by atoms with Crippen molar-refractivity contribution in [3.05, 3.63) is 70.0 Å². The van der Waals surface area contributed by atoms with Gasteiger partial charge in [0.2, 0.25) is 0 Å². The molecule has 1 N–H and O–H groups in total. The van der Waals surface area contributed by atoms with Gasteiger partial charge in [-0.15, -0.1) is 0 Å². The summed E-state index contributed by atoms with van der Waals surface area (Å²) in [6, 6.07) is 13.0. The summed E-state index contributed by atoms with van der Waals surface area (Å²) >= 11 is 6.15. The molecule has 0 aliphatic rings. The van der Waals surface area contributed by atoms with E-state index in [0.29, 0.717) is 5.02 Å². The summed E-state index contributed by atoms with van der Waals surface area (Å²) in [6.07, 6.45) is 2.22. The molecule has 0 saturated carbocycles. The number of rotatable bonds is 5. The fourth-order valence-electron chi connectivity index (χ4n) is 2.40. The first-order valence-electron chi connectivity index (χ1n) is 6.86. The van der Waals surface area contributed by atoms with Crippen LogP contribution in [0.3, 0.4) is 0 Å². The number of halogens is 2. The molecule has 2 aromatic rings. The fourth-order valence-corrected chi connectivity index (χ4v) is 2.68. The Balaban J connectivity index is 2.31. The standard InChI is InChI=1S/C17H19ClFN/c1-3-4-12-5-7-13(8-6-12)17(20-2)15-10-9-14(19)11-16(15)18/h5-11,17,20H,3-4H2,1-2H3. The minimum absolute atomic E-state index is 0.0289. The summed E-state index contributed by atoms with van der Waals surface area (Å²) in [7, 11) is 1.88. The lowest BCUT2D eigenvalue weighted by molar-refractivity contribution is 0.623. The normalized spacial score (nSPS) is 12.4. The van der Waals surface area contributed by atoms with Crippen molar-refractivity contribution < 1.29 is 4.39 Å². The van der Waals surface area contributed by atoms with Crippen molar-refractivity contribution >= 4 is 11.6 Å². The van der Waals surface area contributed by atoms with Crippen molar-refractivity contribution in [2.45, 2.75) is 25.8 Å². The van der Waals surface area contributed by atoms with Crippen LogP contribution < -0.4 is 5.32 Å². The summed E-state index contributed by atoms with van der Waals surface area (Å²) in [5.41, 5.74) is 3.34. The van der Waals surface area contributed by atoms with E-state index in [9.17, 15) is 4.39 Å². The summed E-state index contributed by atoms with van der Waals surface area (Å²) in [5.74, 6) is -0.313. The molecule has 3 heteroatoms. The quantitative estimate of drug-likeness (QED) is 0.839. The topological polar surface area (TPSA) is 12.0 Å². The second kappa shape index (κ2) is 6.87. The molecule has 0 amide bonds. The zero-order chi connectivity index (χ0) is 14.5. The van der Waals surface area contributed by atoms with Gasteiger partial charge in [0.15, 0.2) is 0 Å². The molecule has 0 radical (unpaired) electrons. The van der Waals surface area contributed by atoms with Gasteiger partial charge in [-0.2, -0.15) is 0 Å². The molecule has 106 valence electrons. The lowest BCUT2D eigenvalue weighted by Gasteiger charge is -2.19. The zero-order valence-corrected chi connectivity index (χ0v) is 12.5. The highest BCUT2D eigenvalue weighted by atomic mass is 35.5. The van der Waals surface area contributed by atoms with Crippen LogP contribution in [-0.2, 0) is 6.42 Å². The van der Waals surface area contributed by atoms with Crippen molar-refractivity contribution in [1.29, 1.82) is 0 Å². The third-order valence-corrected chi connectivity index (χ3v) is 3.74. The van der Waals surface area contributed by atoms with Gasteiger partial charge in [0.1, 0.15) is 5.82 Å². The first kappa shape index (κ1) is 15.0. The summed E-state index contributed by atoms with van der Waals surface area (Å²) in [5, 5.41) is 3.69. The Morgan fingerprint density at radius 3 is 2.40 bits per heavy atom. The van der Waals surface area contributed by atoms with Gasteiger partial charge < -0.3 is 5.32 Å². The Morgan fingerprint density at radius 1 is 1.15 bits per heavy atom. The maximum atomic E-state index is 13.2. The van der Waals surface area contributed by atoms with Crippen LogP contribution in [0.1, 0.15) is 36.1 Å². The fraction of sp³-hybridized carbons (Fsp3) is 0.294. The molecular weight excluding hydrogens is 273 g/mol. The number of benzene rings is 2. The molecule has 0 heterocycles. The number of nitrogens with one attached hydrogen (secondary N) is 1. The molecule has 0 aliphatic heterocycles. The van der Waals surface area contributed by atoms with Gasteiger partial charge in [0.25, 0.3) is 0 Å². The van der Waals surface area contributed by atoms with Gasteiger partial charge in [-0.3, -0.25) is 0 Å². The number of hydrogen-bond acceptors (Lipinski definition) is 1. The molecule has 1 atom stereocenters. The van der Waals surface area contributed by atoms with Crippen LogP contribution in [0.2, 0.25) is 5.02 Å². The molecule has 2 aromatic carbocycles. The van der Waals surface area contributed by atoms with Crippen molar-refractivity contribution in [2.24, 2.45) is 0 Å². The lowest BCUT2D eigenvalue weighted by atomic mass is 9.97. The Hall–Kier alpha value is -1.38. The molecule has 0 fully saturated rings. The molecule has 0 aromatic heterocycles. The molecule has 0 aliphatic carbocycles. The first-order chi connectivity index (χ1) is 9.65. The molecule has 1 nitrogen and oxygen atoms in total. The predicted octanol–water partition coefficient (Wildman–Crippen LogP) is 4.74. The predicted molar refractivity (Wildman–Crippen MR) is 82.7 cm³/mol. The maximum Gasteiger partial charge on any atom is 0.124 e. The summed E-state index contributed by atoms with van der Waals surface area (Å²) in [6.45, 7) is 2.17. The molecule has 20 heavy (non-hydrogen) atoms. The average molecular weight is 292 g/mol. The summed E-state index contributed by atoms with van der Waals surface area (Å²) in [4.78, 5) is 0. The van der Waals surface area contributed by atoms with E-state index in [0.717, 1.165) is 24.0 Å². The third-order valence-electron chi connectivity index (χ3n) is 3.41. The SMILES string of the molecule is CCCc1ccc(C(NC)c2ccc(F)cc2Cl)cc1. The average Bonchev–Trinajstić information content (AvgIpc) is 2.44. The van der Waals surface area contributed by atoms with Crippen molar-refractivity contribution in [2.75, 3.05) is 7.05 Å². The van der Waals surface area contributed by atoms with Crippen LogP contribution in [0, 0.1) is 5.82 Å². The minimum Gasteiger partial charge on any atom is -0.309 e. The van der Waals surface area contributed by atoms with E-state index >= 15 is 0 Å². The number of hydrogen-bond donors (Lipinski definition) is 1. The van der Waals surface area contributed by atoms with Crippen LogP contribution in [0.5, 0.6) is 0 Å². The van der Waals surface area contributed by atoms with Crippen molar-refractivity contribution in [3.8, 4) is 0 Å². The summed E-state index contributed by atoms with van der Waals surface area (Å²) < 4.78 is 13.2. The van der Waals surface area contributed by atoms with E-state index < -0.39 is 0 Å². The van der Waals surface area contributed by atoms with Crippen LogP contribution >= 0.6 is 11.6 Å². The van der Waals surface area contributed by atoms with Crippen LogP contribution in [0.25, 0.3) is 0 Å². The highest BCUT2D eigenvalue weighted by Gasteiger charge is 2.15. The second-order valence-corrected chi connectivity index (χ2v) is 5.29. The van der Waals surface area contributed by atoms with Gasteiger partial charge in [0, 0.05) is 5.02 Å². The van der Waals surface area contributed by atoms with Gasteiger partial charge in [-0.25, -0.2) is 4.39 Å². The van der Waals surface area contributed by atoms with Crippen LogP contribution in [-0.4, -0.2) is 7.05 Å². The van der Waals surface area contributed by atoms with E-state index in [1.165, 1.54) is 17.7 Å². The van der Waals surface area contributed by atoms with Gasteiger partial charge >= 0.3 is 0 Å². The molecule has 2 rings (SSSR count). The van der Waals surface area contributed by atoms with Crippen molar-refractivity contribution in [1.82, 2.24) is 5.32 Å².